The number of hydrogen-bond donors (Lipinski definition) is 2. The van der Waals surface area contributed by atoms with Gasteiger partial charge in [-0.3, -0.25) is 0 Å². The van der Waals surface area contributed by atoms with E-state index in [1.807, 2.05) is 42.7 Å². The van der Waals surface area contributed by atoms with E-state index in [0.29, 0.717) is 0 Å². The second kappa shape index (κ2) is 5.55. The summed E-state index contributed by atoms with van der Waals surface area (Å²) in [7, 11) is 1.66. The van der Waals surface area contributed by atoms with E-state index in [1.54, 1.807) is 7.11 Å². The van der Waals surface area contributed by atoms with Crippen LogP contribution in [-0.4, -0.2) is 17.2 Å². The molecule has 3 heteroatoms. The Morgan fingerprint density at radius 1 is 1.24 bits per heavy atom. The quantitative estimate of drug-likeness (QED) is 0.831. The van der Waals surface area contributed by atoms with E-state index in [-0.39, 0.29) is 0 Å². The van der Waals surface area contributed by atoms with E-state index in [2.05, 4.69) is 4.98 Å². The first-order chi connectivity index (χ1) is 8.29. The molecule has 0 saturated carbocycles. The third-order valence-electron chi connectivity index (χ3n) is 2.87. The number of methoxy groups -OCH3 is 1. The smallest absolute Gasteiger partial charge is 0.118 e. The Morgan fingerprint density at radius 3 is 2.59 bits per heavy atom. The van der Waals surface area contributed by atoms with Crippen LogP contribution in [0, 0.1) is 0 Å². The van der Waals surface area contributed by atoms with Crippen LogP contribution in [0.15, 0.2) is 42.7 Å². The SMILES string of the molecule is COc1ccc(CCC(O)c2cc[nH]c2)cc1. The van der Waals surface area contributed by atoms with Crippen LogP contribution < -0.4 is 4.74 Å². The minimum Gasteiger partial charge on any atom is -0.497 e. The van der Waals surface area contributed by atoms with Gasteiger partial charge in [0.05, 0.1) is 13.2 Å². The van der Waals surface area contributed by atoms with Crippen LogP contribution in [0.25, 0.3) is 0 Å². The van der Waals surface area contributed by atoms with Crippen molar-refractivity contribution in [1.82, 2.24) is 4.98 Å². The van der Waals surface area contributed by atoms with Crippen LogP contribution in [0.3, 0.4) is 0 Å². The predicted molar refractivity (Wildman–Crippen MR) is 67.1 cm³/mol. The van der Waals surface area contributed by atoms with Crippen LogP contribution in [0.2, 0.25) is 0 Å². The molecular weight excluding hydrogens is 214 g/mol. The van der Waals surface area contributed by atoms with Gasteiger partial charge in [-0.05, 0) is 42.2 Å². The number of aliphatic hydroxyl groups is 1. The zero-order valence-electron chi connectivity index (χ0n) is 9.89. The van der Waals surface area contributed by atoms with Crippen LogP contribution in [0.1, 0.15) is 23.7 Å². The molecule has 2 aromatic rings. The summed E-state index contributed by atoms with van der Waals surface area (Å²) in [6, 6.07) is 9.85. The van der Waals surface area contributed by atoms with Crippen molar-refractivity contribution in [3.8, 4) is 5.75 Å². The van der Waals surface area contributed by atoms with Crippen molar-refractivity contribution in [1.29, 1.82) is 0 Å². The van der Waals surface area contributed by atoms with E-state index >= 15 is 0 Å². The number of hydrogen-bond acceptors (Lipinski definition) is 2. The summed E-state index contributed by atoms with van der Waals surface area (Å²) in [4.78, 5) is 2.95. The third-order valence-corrected chi connectivity index (χ3v) is 2.87. The molecule has 0 amide bonds. The van der Waals surface area contributed by atoms with E-state index in [1.165, 1.54) is 5.56 Å². The van der Waals surface area contributed by atoms with Gasteiger partial charge in [0, 0.05) is 12.4 Å². The van der Waals surface area contributed by atoms with Gasteiger partial charge in [0.2, 0.25) is 0 Å². The molecule has 2 N–H and O–H groups in total. The number of aliphatic hydroxyl groups excluding tert-OH is 1. The minimum absolute atomic E-state index is 0.400. The van der Waals surface area contributed by atoms with Gasteiger partial charge >= 0.3 is 0 Å². The molecule has 0 aliphatic rings. The van der Waals surface area contributed by atoms with Crippen LogP contribution in [-0.2, 0) is 6.42 Å². The molecule has 0 fully saturated rings. The van der Waals surface area contributed by atoms with E-state index < -0.39 is 6.10 Å². The first kappa shape index (κ1) is 11.7. The minimum atomic E-state index is -0.400. The second-order valence-corrected chi connectivity index (χ2v) is 4.05. The Kier molecular flexibility index (Phi) is 3.83. The molecule has 17 heavy (non-hydrogen) atoms. The number of benzene rings is 1. The highest BCUT2D eigenvalue weighted by Crippen LogP contribution is 2.19. The van der Waals surface area contributed by atoms with Crippen molar-refractivity contribution >= 4 is 0 Å². The van der Waals surface area contributed by atoms with Crippen molar-refractivity contribution in [3.63, 3.8) is 0 Å². The summed E-state index contributed by atoms with van der Waals surface area (Å²) in [5.41, 5.74) is 2.15. The molecule has 0 bridgehead atoms. The fourth-order valence-corrected chi connectivity index (χ4v) is 1.81. The summed E-state index contributed by atoms with van der Waals surface area (Å²) < 4.78 is 5.10. The maximum Gasteiger partial charge on any atom is 0.118 e. The molecular formula is C14H17NO2. The number of aryl methyl sites for hydroxylation is 1. The number of aromatic amines is 1. The van der Waals surface area contributed by atoms with Crippen molar-refractivity contribution in [2.45, 2.75) is 18.9 Å². The zero-order valence-corrected chi connectivity index (χ0v) is 9.89. The fraction of sp³-hybridized carbons (Fsp3) is 0.286. The predicted octanol–water partition coefficient (Wildman–Crippen LogP) is 2.69. The average Bonchev–Trinajstić information content (AvgIpc) is 2.90. The van der Waals surface area contributed by atoms with Crippen LogP contribution in [0.5, 0.6) is 5.75 Å². The number of nitrogens with one attached hydrogen (secondary N) is 1. The molecule has 90 valence electrons. The summed E-state index contributed by atoms with van der Waals surface area (Å²) in [5, 5.41) is 9.93. The Balaban J connectivity index is 1.89. The lowest BCUT2D eigenvalue weighted by molar-refractivity contribution is 0.168. The van der Waals surface area contributed by atoms with Crippen LogP contribution >= 0.6 is 0 Å². The highest BCUT2D eigenvalue weighted by atomic mass is 16.5. The first-order valence-electron chi connectivity index (χ1n) is 5.73. The van der Waals surface area contributed by atoms with Gasteiger partial charge in [-0.2, -0.15) is 0 Å². The Morgan fingerprint density at radius 2 is 2.00 bits per heavy atom. The maximum atomic E-state index is 9.93. The van der Waals surface area contributed by atoms with Gasteiger partial charge in [-0.15, -0.1) is 0 Å². The lowest BCUT2D eigenvalue weighted by atomic mass is 10.0. The molecule has 1 aromatic carbocycles. The monoisotopic (exact) mass is 231 g/mol. The standard InChI is InChI=1S/C14H17NO2/c1-17-13-5-2-11(3-6-13)4-7-14(16)12-8-9-15-10-12/h2-3,5-6,8-10,14-16H,4,7H2,1H3. The molecule has 1 atom stereocenters. The van der Waals surface area contributed by atoms with E-state index in [0.717, 1.165) is 24.2 Å². The lowest BCUT2D eigenvalue weighted by Gasteiger charge is -2.09. The largest absolute Gasteiger partial charge is 0.497 e. The highest BCUT2D eigenvalue weighted by molar-refractivity contribution is 5.27. The summed E-state index contributed by atoms with van der Waals surface area (Å²) in [5.74, 6) is 0.861. The number of H-pyrrole nitrogens is 1. The van der Waals surface area contributed by atoms with Gasteiger partial charge in [0.1, 0.15) is 5.75 Å². The second-order valence-electron chi connectivity index (χ2n) is 4.05. The average molecular weight is 231 g/mol. The Labute approximate surface area is 101 Å². The van der Waals surface area contributed by atoms with Crippen molar-refractivity contribution in [3.05, 3.63) is 53.9 Å². The molecule has 1 unspecified atom stereocenters. The summed E-state index contributed by atoms with van der Waals surface area (Å²) >= 11 is 0. The zero-order chi connectivity index (χ0) is 12.1. The molecule has 0 aliphatic carbocycles. The van der Waals surface area contributed by atoms with Crippen LogP contribution in [0.4, 0.5) is 0 Å². The van der Waals surface area contributed by atoms with Crippen molar-refractivity contribution in [2.24, 2.45) is 0 Å². The third kappa shape index (κ3) is 3.11. The Hall–Kier alpha value is -1.74. The van der Waals surface area contributed by atoms with Crippen molar-refractivity contribution < 1.29 is 9.84 Å². The van der Waals surface area contributed by atoms with Gasteiger partial charge in [-0.25, -0.2) is 0 Å². The Bertz CT molecular complexity index is 434. The molecule has 0 radical (unpaired) electrons. The number of ether oxygens (including phenoxy) is 1. The number of rotatable bonds is 5. The molecule has 1 aromatic heterocycles. The topological polar surface area (TPSA) is 45.2 Å². The molecule has 2 rings (SSSR count). The van der Waals surface area contributed by atoms with E-state index in [4.69, 9.17) is 4.74 Å². The van der Waals surface area contributed by atoms with Gasteiger partial charge < -0.3 is 14.8 Å². The van der Waals surface area contributed by atoms with Crippen molar-refractivity contribution in [2.75, 3.05) is 7.11 Å². The highest BCUT2D eigenvalue weighted by Gasteiger charge is 2.07. The normalized spacial score (nSPS) is 12.4. The molecule has 0 saturated heterocycles. The van der Waals surface area contributed by atoms with Gasteiger partial charge in [0.15, 0.2) is 0 Å². The van der Waals surface area contributed by atoms with Gasteiger partial charge in [0.25, 0.3) is 0 Å². The maximum absolute atomic E-state index is 9.93. The molecule has 0 spiro atoms. The molecule has 1 heterocycles. The van der Waals surface area contributed by atoms with E-state index in [9.17, 15) is 5.11 Å². The molecule has 0 aliphatic heterocycles. The fourth-order valence-electron chi connectivity index (χ4n) is 1.81. The summed E-state index contributed by atoms with van der Waals surface area (Å²) in [6.07, 6.45) is 4.84. The molecule has 3 nitrogen and oxygen atoms in total. The summed E-state index contributed by atoms with van der Waals surface area (Å²) in [6.45, 7) is 0. The van der Waals surface area contributed by atoms with Gasteiger partial charge in [-0.1, -0.05) is 12.1 Å². The lowest BCUT2D eigenvalue weighted by Crippen LogP contribution is -1.98. The number of aromatic nitrogens is 1. The first-order valence-corrected chi connectivity index (χ1v) is 5.73.